The molecule has 8 heteroatoms. The van der Waals surface area contributed by atoms with Crippen LogP contribution in [-0.2, 0) is 20.0 Å². The zero-order valence-electron chi connectivity index (χ0n) is 10.7. The molecule has 19 heavy (non-hydrogen) atoms. The van der Waals surface area contributed by atoms with Gasteiger partial charge in [-0.2, -0.15) is 10.2 Å². The van der Waals surface area contributed by atoms with E-state index in [1.165, 1.54) is 0 Å². The van der Waals surface area contributed by atoms with Crippen molar-refractivity contribution in [2.75, 3.05) is 5.73 Å². The predicted octanol–water partition coefficient (Wildman–Crippen LogP) is 0.671. The van der Waals surface area contributed by atoms with Crippen molar-refractivity contribution in [2.24, 2.45) is 12.8 Å². The third kappa shape index (κ3) is 2.48. The number of rotatable bonds is 4. The third-order valence-electron chi connectivity index (χ3n) is 2.84. The van der Waals surface area contributed by atoms with Crippen molar-refractivity contribution < 1.29 is 4.79 Å². The number of aryl methyl sites for hydroxylation is 2. The maximum Gasteiger partial charge on any atom is 0.271 e. The van der Waals surface area contributed by atoms with Gasteiger partial charge in [-0.15, -0.1) is 0 Å². The lowest BCUT2D eigenvalue weighted by Crippen LogP contribution is -2.14. The second-order valence-electron chi connectivity index (χ2n) is 4.18. The van der Waals surface area contributed by atoms with Gasteiger partial charge in [-0.1, -0.05) is 6.92 Å². The van der Waals surface area contributed by atoms with Crippen molar-refractivity contribution in [1.29, 1.82) is 0 Å². The van der Waals surface area contributed by atoms with Crippen LogP contribution >= 0.6 is 15.9 Å². The van der Waals surface area contributed by atoms with Crippen LogP contribution in [-0.4, -0.2) is 25.5 Å². The van der Waals surface area contributed by atoms with Gasteiger partial charge >= 0.3 is 0 Å². The number of halogens is 1. The number of nitrogens with two attached hydrogens (primary N) is 2. The van der Waals surface area contributed by atoms with Gasteiger partial charge in [0, 0.05) is 13.2 Å². The van der Waals surface area contributed by atoms with E-state index < -0.39 is 5.91 Å². The number of amides is 1. The molecule has 0 spiro atoms. The topological polar surface area (TPSA) is 105 Å². The van der Waals surface area contributed by atoms with Crippen molar-refractivity contribution in [2.45, 2.75) is 19.9 Å². The van der Waals surface area contributed by atoms with Gasteiger partial charge in [0.1, 0.15) is 0 Å². The predicted molar refractivity (Wildman–Crippen MR) is 74.5 cm³/mol. The van der Waals surface area contributed by atoms with Crippen LogP contribution in [0.15, 0.2) is 10.7 Å². The smallest absolute Gasteiger partial charge is 0.271 e. The Morgan fingerprint density at radius 2 is 2.16 bits per heavy atom. The van der Waals surface area contributed by atoms with Gasteiger partial charge in [0.2, 0.25) is 0 Å². The van der Waals surface area contributed by atoms with E-state index in [9.17, 15) is 4.79 Å². The van der Waals surface area contributed by atoms with E-state index in [0.29, 0.717) is 6.54 Å². The molecule has 0 bridgehead atoms. The molecule has 2 aromatic heterocycles. The summed E-state index contributed by atoms with van der Waals surface area (Å²) in [5.41, 5.74) is 13.2. The summed E-state index contributed by atoms with van der Waals surface area (Å²) < 4.78 is 4.31. The number of primary amides is 1. The summed E-state index contributed by atoms with van der Waals surface area (Å²) in [6, 6.07) is 0. The molecular formula is C11H15BrN6O. The van der Waals surface area contributed by atoms with Crippen LogP contribution in [0.2, 0.25) is 0 Å². The van der Waals surface area contributed by atoms with E-state index in [2.05, 4.69) is 26.1 Å². The first-order valence-electron chi connectivity index (χ1n) is 5.77. The molecule has 2 rings (SSSR count). The number of carbonyl (C=O) groups excluding carboxylic acids is 1. The van der Waals surface area contributed by atoms with Gasteiger partial charge in [-0.05, 0) is 22.4 Å². The van der Waals surface area contributed by atoms with Crippen LogP contribution in [0, 0.1) is 0 Å². The van der Waals surface area contributed by atoms with Gasteiger partial charge in [0.05, 0.1) is 28.1 Å². The lowest BCUT2D eigenvalue weighted by atomic mass is 10.3. The molecule has 2 aromatic rings. The molecule has 0 unspecified atom stereocenters. The first kappa shape index (κ1) is 13.6. The average Bonchev–Trinajstić information content (AvgIpc) is 2.84. The van der Waals surface area contributed by atoms with Crippen LogP contribution in [0.25, 0.3) is 0 Å². The summed E-state index contributed by atoms with van der Waals surface area (Å²) in [4.78, 5) is 11.1. The molecule has 1 amide bonds. The van der Waals surface area contributed by atoms with Crippen LogP contribution in [0.1, 0.15) is 28.8 Å². The molecule has 0 fully saturated rings. The molecule has 0 saturated carbocycles. The molecule has 102 valence electrons. The van der Waals surface area contributed by atoms with Gasteiger partial charge in [0.15, 0.2) is 5.69 Å². The lowest BCUT2D eigenvalue weighted by Gasteiger charge is -2.03. The summed E-state index contributed by atoms with van der Waals surface area (Å²) in [5.74, 6) is -0.630. The van der Waals surface area contributed by atoms with Crippen LogP contribution in [0.4, 0.5) is 5.69 Å². The van der Waals surface area contributed by atoms with E-state index in [-0.39, 0.29) is 11.4 Å². The fourth-order valence-electron chi connectivity index (χ4n) is 1.85. The van der Waals surface area contributed by atoms with Crippen molar-refractivity contribution in [3.63, 3.8) is 0 Å². The minimum Gasteiger partial charge on any atom is -0.396 e. The SMILES string of the molecule is CCc1nn(C)c(Cn2cc(N)c(C(N)=O)n2)c1Br. The molecule has 0 aromatic carbocycles. The first-order chi connectivity index (χ1) is 8.93. The number of aromatic nitrogens is 4. The summed E-state index contributed by atoms with van der Waals surface area (Å²) in [5, 5.41) is 8.47. The van der Waals surface area contributed by atoms with E-state index >= 15 is 0 Å². The van der Waals surface area contributed by atoms with Crippen molar-refractivity contribution >= 4 is 27.5 Å². The number of hydrogen-bond acceptors (Lipinski definition) is 4. The number of carbonyl (C=O) groups is 1. The monoisotopic (exact) mass is 326 g/mol. The zero-order valence-corrected chi connectivity index (χ0v) is 12.3. The second kappa shape index (κ2) is 5.04. The number of nitrogens with zero attached hydrogens (tertiary/aromatic N) is 4. The fourth-order valence-corrected chi connectivity index (χ4v) is 2.60. The number of nitrogen functional groups attached to an aromatic ring is 1. The quantitative estimate of drug-likeness (QED) is 0.861. The number of hydrogen-bond donors (Lipinski definition) is 2. The van der Waals surface area contributed by atoms with E-state index in [1.807, 2.05) is 14.0 Å². The van der Waals surface area contributed by atoms with Crippen LogP contribution in [0.5, 0.6) is 0 Å². The van der Waals surface area contributed by atoms with Crippen molar-refractivity contribution in [3.8, 4) is 0 Å². The Labute approximate surface area is 118 Å². The van der Waals surface area contributed by atoms with Crippen molar-refractivity contribution in [1.82, 2.24) is 19.6 Å². The molecule has 0 saturated heterocycles. The molecule has 7 nitrogen and oxygen atoms in total. The fraction of sp³-hybridized carbons (Fsp3) is 0.364. The maximum absolute atomic E-state index is 11.1. The highest BCUT2D eigenvalue weighted by molar-refractivity contribution is 9.10. The van der Waals surface area contributed by atoms with E-state index in [4.69, 9.17) is 11.5 Å². The van der Waals surface area contributed by atoms with Gasteiger partial charge < -0.3 is 11.5 Å². The molecule has 0 radical (unpaired) electrons. The Balaban J connectivity index is 2.34. The summed E-state index contributed by atoms with van der Waals surface area (Å²) in [7, 11) is 1.86. The minimum absolute atomic E-state index is 0.0917. The summed E-state index contributed by atoms with van der Waals surface area (Å²) in [6.07, 6.45) is 2.42. The van der Waals surface area contributed by atoms with Gasteiger partial charge in [-0.3, -0.25) is 14.2 Å². The molecule has 0 atom stereocenters. The number of anilines is 1. The standard InChI is InChI=1S/C11H15BrN6O/c1-3-7-9(12)8(17(2)15-7)5-18-4-6(13)10(16-18)11(14)19/h4H,3,5,13H2,1-2H3,(H2,14,19). The Kier molecular flexibility index (Phi) is 3.61. The lowest BCUT2D eigenvalue weighted by molar-refractivity contribution is 0.0995. The Hall–Kier alpha value is -1.83. The van der Waals surface area contributed by atoms with Crippen LogP contribution < -0.4 is 11.5 Å². The average molecular weight is 327 g/mol. The maximum atomic E-state index is 11.1. The largest absolute Gasteiger partial charge is 0.396 e. The molecule has 0 aliphatic rings. The Bertz CT molecular complexity index is 629. The van der Waals surface area contributed by atoms with Gasteiger partial charge in [0.25, 0.3) is 5.91 Å². The second-order valence-corrected chi connectivity index (χ2v) is 4.97. The molecule has 0 aliphatic heterocycles. The normalized spacial score (nSPS) is 10.9. The molecule has 2 heterocycles. The summed E-state index contributed by atoms with van der Waals surface area (Å²) >= 11 is 3.53. The van der Waals surface area contributed by atoms with Crippen molar-refractivity contribution in [3.05, 3.63) is 27.8 Å². The zero-order chi connectivity index (χ0) is 14.2. The highest BCUT2D eigenvalue weighted by atomic mass is 79.9. The minimum atomic E-state index is -0.630. The highest BCUT2D eigenvalue weighted by Crippen LogP contribution is 2.22. The van der Waals surface area contributed by atoms with Crippen LogP contribution in [0.3, 0.4) is 0 Å². The summed E-state index contributed by atoms with van der Waals surface area (Å²) in [6.45, 7) is 2.50. The first-order valence-corrected chi connectivity index (χ1v) is 6.56. The molecule has 0 aliphatic carbocycles. The molecule has 4 N–H and O–H groups in total. The van der Waals surface area contributed by atoms with E-state index in [1.54, 1.807) is 15.6 Å². The van der Waals surface area contributed by atoms with E-state index in [0.717, 1.165) is 22.3 Å². The Morgan fingerprint density at radius 1 is 1.47 bits per heavy atom. The third-order valence-corrected chi connectivity index (χ3v) is 3.75. The highest BCUT2D eigenvalue weighted by Gasteiger charge is 2.16. The van der Waals surface area contributed by atoms with Gasteiger partial charge in [-0.25, -0.2) is 0 Å². The Morgan fingerprint density at radius 3 is 2.63 bits per heavy atom. The molecular weight excluding hydrogens is 312 g/mol.